The molecule has 0 heterocycles. The van der Waals surface area contributed by atoms with Crippen molar-refractivity contribution in [3.63, 3.8) is 0 Å². The zero-order valence-electron chi connectivity index (χ0n) is 15.8. The Morgan fingerprint density at radius 2 is 1.09 bits per heavy atom. The highest BCUT2D eigenvalue weighted by Crippen LogP contribution is 2.13. The number of allylic oxidation sites excluding steroid dienone is 1. The molecular weight excluding hydrogens is 284 g/mol. The van der Waals surface area contributed by atoms with Gasteiger partial charge in [-0.3, -0.25) is 4.79 Å². The quantitative estimate of drug-likeness (QED) is 0.159. The number of carbonyl (C=O) groups excluding carboxylic acids is 1. The van der Waals surface area contributed by atoms with Gasteiger partial charge < -0.3 is 4.74 Å². The number of unbranched alkanes of at least 4 members (excludes halogenated alkanes) is 14. The molecule has 2 heteroatoms. The van der Waals surface area contributed by atoms with Gasteiger partial charge in [-0.2, -0.15) is 0 Å². The first-order valence-corrected chi connectivity index (χ1v) is 10.1. The van der Waals surface area contributed by atoms with Crippen molar-refractivity contribution in [1.29, 1.82) is 0 Å². The predicted octanol–water partition coefficient (Wildman–Crippen LogP) is 7.32. The van der Waals surface area contributed by atoms with Gasteiger partial charge in [0.25, 0.3) is 0 Å². The molecule has 0 rings (SSSR count). The first-order valence-electron chi connectivity index (χ1n) is 10.1. The smallest absolute Gasteiger partial charge is 0.310 e. The summed E-state index contributed by atoms with van der Waals surface area (Å²) < 4.78 is 4.89. The van der Waals surface area contributed by atoms with Gasteiger partial charge in [0.15, 0.2) is 0 Å². The monoisotopic (exact) mass is 324 g/mol. The molecule has 0 radical (unpaired) electrons. The fourth-order valence-electron chi connectivity index (χ4n) is 2.84. The molecular formula is C21H40O2. The van der Waals surface area contributed by atoms with Gasteiger partial charge >= 0.3 is 5.97 Å². The van der Waals surface area contributed by atoms with E-state index in [1.807, 2.05) is 6.92 Å². The molecule has 0 unspecified atom stereocenters. The van der Waals surface area contributed by atoms with E-state index in [1.165, 1.54) is 89.7 Å². The second-order valence-corrected chi connectivity index (χ2v) is 6.66. The van der Waals surface area contributed by atoms with Gasteiger partial charge in [-0.05, 0) is 13.3 Å². The minimum atomic E-state index is -0.0993. The van der Waals surface area contributed by atoms with Crippen molar-refractivity contribution in [2.24, 2.45) is 0 Å². The van der Waals surface area contributed by atoms with Crippen LogP contribution in [0.5, 0.6) is 0 Å². The topological polar surface area (TPSA) is 26.3 Å². The number of carbonyl (C=O) groups is 1. The van der Waals surface area contributed by atoms with Crippen LogP contribution in [0.2, 0.25) is 0 Å². The van der Waals surface area contributed by atoms with Crippen LogP contribution >= 0.6 is 0 Å². The number of hydrogen-bond donors (Lipinski definition) is 0. The molecule has 0 saturated carbocycles. The van der Waals surface area contributed by atoms with E-state index in [2.05, 4.69) is 6.92 Å². The van der Waals surface area contributed by atoms with Crippen LogP contribution in [0.25, 0.3) is 0 Å². The molecule has 0 aliphatic carbocycles. The third-order valence-electron chi connectivity index (χ3n) is 4.32. The zero-order chi connectivity index (χ0) is 17.0. The van der Waals surface area contributed by atoms with Crippen LogP contribution in [0.1, 0.15) is 117 Å². The fourth-order valence-corrected chi connectivity index (χ4v) is 2.84. The van der Waals surface area contributed by atoms with Crippen molar-refractivity contribution in [2.45, 2.75) is 117 Å². The average molecular weight is 325 g/mol. The molecule has 0 N–H and O–H groups in total. The van der Waals surface area contributed by atoms with E-state index in [1.54, 1.807) is 6.08 Å². The Hall–Kier alpha value is -0.790. The normalized spacial score (nSPS) is 11.2. The van der Waals surface area contributed by atoms with E-state index in [9.17, 15) is 4.79 Å². The fraction of sp³-hybridized carbons (Fsp3) is 0.857. The van der Waals surface area contributed by atoms with E-state index in [0.29, 0.717) is 6.42 Å². The second-order valence-electron chi connectivity index (χ2n) is 6.66. The number of rotatable bonds is 17. The van der Waals surface area contributed by atoms with Crippen LogP contribution in [0.15, 0.2) is 12.3 Å². The Kier molecular flexibility index (Phi) is 18.6. The van der Waals surface area contributed by atoms with Gasteiger partial charge in [-0.15, -0.1) is 0 Å². The lowest BCUT2D eigenvalue weighted by molar-refractivity contribution is -0.138. The van der Waals surface area contributed by atoms with Gasteiger partial charge in [-0.1, -0.05) is 103 Å². The molecule has 0 amide bonds. The van der Waals surface area contributed by atoms with Gasteiger partial charge in [0.05, 0.1) is 6.26 Å². The summed E-state index contributed by atoms with van der Waals surface area (Å²) in [6.45, 7) is 4.13. The van der Waals surface area contributed by atoms with Crippen LogP contribution < -0.4 is 0 Å². The van der Waals surface area contributed by atoms with Crippen LogP contribution in [0.3, 0.4) is 0 Å². The third-order valence-corrected chi connectivity index (χ3v) is 4.32. The van der Waals surface area contributed by atoms with Crippen molar-refractivity contribution in [3.05, 3.63) is 12.3 Å². The van der Waals surface area contributed by atoms with Crippen LogP contribution in [0, 0.1) is 0 Å². The first kappa shape index (κ1) is 22.2. The van der Waals surface area contributed by atoms with E-state index < -0.39 is 0 Å². The van der Waals surface area contributed by atoms with Crippen molar-refractivity contribution in [3.8, 4) is 0 Å². The van der Waals surface area contributed by atoms with E-state index in [0.717, 1.165) is 12.8 Å². The van der Waals surface area contributed by atoms with Crippen LogP contribution in [-0.4, -0.2) is 5.97 Å². The van der Waals surface area contributed by atoms with Crippen molar-refractivity contribution in [1.82, 2.24) is 0 Å². The molecule has 136 valence electrons. The minimum Gasteiger partial charge on any atom is -0.435 e. The maximum Gasteiger partial charge on any atom is 0.310 e. The summed E-state index contributed by atoms with van der Waals surface area (Å²) in [7, 11) is 0. The molecule has 2 nitrogen and oxygen atoms in total. The van der Waals surface area contributed by atoms with E-state index in [-0.39, 0.29) is 5.97 Å². The van der Waals surface area contributed by atoms with E-state index in [4.69, 9.17) is 4.74 Å². The maximum absolute atomic E-state index is 11.3. The number of hydrogen-bond acceptors (Lipinski definition) is 2. The maximum atomic E-state index is 11.3. The summed E-state index contributed by atoms with van der Waals surface area (Å²) in [5.41, 5.74) is 0. The minimum absolute atomic E-state index is 0.0993. The molecule has 0 aromatic rings. The Balaban J connectivity index is 3.06. The van der Waals surface area contributed by atoms with E-state index >= 15 is 0 Å². The van der Waals surface area contributed by atoms with Crippen LogP contribution in [-0.2, 0) is 9.53 Å². The van der Waals surface area contributed by atoms with Crippen LogP contribution in [0.4, 0.5) is 0 Å². The molecule has 0 aliphatic heterocycles. The Morgan fingerprint density at radius 1 is 0.696 bits per heavy atom. The van der Waals surface area contributed by atoms with Crippen molar-refractivity contribution < 1.29 is 9.53 Å². The summed E-state index contributed by atoms with van der Waals surface area (Å²) in [4.78, 5) is 11.3. The third kappa shape index (κ3) is 19.2. The summed E-state index contributed by atoms with van der Waals surface area (Å²) in [6, 6.07) is 0. The molecule has 0 fully saturated rings. The van der Waals surface area contributed by atoms with Gasteiger partial charge in [0, 0.05) is 6.42 Å². The lowest BCUT2D eigenvalue weighted by Gasteiger charge is -2.03. The zero-order valence-corrected chi connectivity index (χ0v) is 15.8. The lowest BCUT2D eigenvalue weighted by Crippen LogP contribution is -1.98. The molecule has 0 saturated heterocycles. The summed E-state index contributed by atoms with van der Waals surface area (Å²) in [5, 5.41) is 0. The number of ether oxygens (including phenoxy) is 1. The Labute approximate surface area is 145 Å². The molecule has 0 aromatic carbocycles. The highest BCUT2D eigenvalue weighted by atomic mass is 16.5. The molecule has 0 bridgehead atoms. The summed E-state index contributed by atoms with van der Waals surface area (Å²) in [5.74, 6) is -0.0993. The lowest BCUT2D eigenvalue weighted by atomic mass is 10.0. The molecule has 0 atom stereocenters. The average Bonchev–Trinajstić information content (AvgIpc) is 2.56. The number of esters is 1. The molecule has 0 aliphatic rings. The highest BCUT2D eigenvalue weighted by Gasteiger charge is 2.00. The van der Waals surface area contributed by atoms with Crippen molar-refractivity contribution >= 4 is 5.97 Å². The van der Waals surface area contributed by atoms with Gasteiger partial charge in [-0.25, -0.2) is 0 Å². The predicted molar refractivity (Wildman–Crippen MR) is 100 cm³/mol. The Morgan fingerprint density at radius 3 is 1.48 bits per heavy atom. The Bertz CT molecular complexity index is 271. The molecule has 0 aromatic heterocycles. The summed E-state index contributed by atoms with van der Waals surface area (Å²) >= 11 is 0. The molecule has 0 spiro atoms. The van der Waals surface area contributed by atoms with Gasteiger partial charge in [0.2, 0.25) is 0 Å². The first-order chi connectivity index (χ1) is 11.3. The largest absolute Gasteiger partial charge is 0.435 e. The molecule has 23 heavy (non-hydrogen) atoms. The second kappa shape index (κ2) is 19.3. The SMILES string of the molecule is CC=COC(=O)CCCCCCCCCCCCCCCCC. The highest BCUT2D eigenvalue weighted by molar-refractivity contribution is 5.69. The van der Waals surface area contributed by atoms with Gasteiger partial charge in [0.1, 0.15) is 0 Å². The standard InChI is InChI=1S/C21H40O2/c1-3-5-6-7-8-9-10-11-12-13-14-15-16-17-18-19-21(22)23-20-4-2/h4,20H,3,5-19H2,1-2H3. The summed E-state index contributed by atoms with van der Waals surface area (Å²) in [6.07, 6.45) is 24.0. The van der Waals surface area contributed by atoms with Crippen molar-refractivity contribution in [2.75, 3.05) is 0 Å².